The Morgan fingerprint density at radius 3 is 2.56 bits per heavy atom. The average molecular weight is 349 g/mol. The third kappa shape index (κ3) is 5.66. The van der Waals surface area contributed by atoms with Crippen LogP contribution in [0.2, 0.25) is 0 Å². The summed E-state index contributed by atoms with van der Waals surface area (Å²) in [6, 6.07) is 4.94. The SMILES string of the molecule is CCOc1cc(C(=O)NC(C)C2CCCCC2)ccc1OCC(=O)O. The molecule has 1 fully saturated rings. The van der Waals surface area contributed by atoms with E-state index in [4.69, 9.17) is 14.6 Å². The molecular formula is C19H27NO5. The summed E-state index contributed by atoms with van der Waals surface area (Å²) in [5, 5.41) is 11.8. The monoisotopic (exact) mass is 349 g/mol. The minimum Gasteiger partial charge on any atom is -0.490 e. The number of carbonyl (C=O) groups is 2. The molecule has 0 aromatic heterocycles. The van der Waals surface area contributed by atoms with Crippen molar-refractivity contribution in [3.63, 3.8) is 0 Å². The second-order valence-corrected chi connectivity index (χ2v) is 6.44. The number of ether oxygens (including phenoxy) is 2. The summed E-state index contributed by atoms with van der Waals surface area (Å²) in [5.41, 5.74) is 0.480. The van der Waals surface area contributed by atoms with E-state index >= 15 is 0 Å². The molecule has 2 N–H and O–H groups in total. The molecular weight excluding hydrogens is 322 g/mol. The first-order chi connectivity index (χ1) is 12.0. The summed E-state index contributed by atoms with van der Waals surface area (Å²) >= 11 is 0. The fraction of sp³-hybridized carbons (Fsp3) is 0.579. The Bertz CT molecular complexity index is 595. The van der Waals surface area contributed by atoms with Crippen molar-refractivity contribution in [2.75, 3.05) is 13.2 Å². The number of carbonyl (C=O) groups excluding carboxylic acids is 1. The summed E-state index contributed by atoms with van der Waals surface area (Å²) < 4.78 is 10.7. The van der Waals surface area contributed by atoms with Crippen LogP contribution in [-0.4, -0.2) is 36.2 Å². The molecule has 0 heterocycles. The number of aliphatic carboxylic acids is 1. The van der Waals surface area contributed by atoms with E-state index in [0.29, 0.717) is 29.6 Å². The number of carboxylic acids is 1. The van der Waals surface area contributed by atoms with Gasteiger partial charge in [0.25, 0.3) is 5.91 Å². The molecule has 1 aromatic rings. The molecule has 1 aliphatic rings. The molecule has 1 amide bonds. The van der Waals surface area contributed by atoms with Crippen molar-refractivity contribution in [3.8, 4) is 11.5 Å². The van der Waals surface area contributed by atoms with Crippen LogP contribution in [0.3, 0.4) is 0 Å². The fourth-order valence-electron chi connectivity index (χ4n) is 3.22. The van der Waals surface area contributed by atoms with Crippen LogP contribution < -0.4 is 14.8 Å². The lowest BCUT2D eigenvalue weighted by molar-refractivity contribution is -0.139. The largest absolute Gasteiger partial charge is 0.490 e. The van der Waals surface area contributed by atoms with Crippen molar-refractivity contribution >= 4 is 11.9 Å². The van der Waals surface area contributed by atoms with Crippen molar-refractivity contribution < 1.29 is 24.2 Å². The van der Waals surface area contributed by atoms with Gasteiger partial charge in [0.05, 0.1) is 6.61 Å². The van der Waals surface area contributed by atoms with Crippen LogP contribution in [0, 0.1) is 5.92 Å². The van der Waals surface area contributed by atoms with Crippen LogP contribution in [0.4, 0.5) is 0 Å². The van der Waals surface area contributed by atoms with Gasteiger partial charge in [-0.15, -0.1) is 0 Å². The minimum absolute atomic E-state index is 0.131. The Balaban J connectivity index is 2.05. The highest BCUT2D eigenvalue weighted by atomic mass is 16.5. The summed E-state index contributed by atoms with van der Waals surface area (Å²) in [6.45, 7) is 3.82. The van der Waals surface area contributed by atoms with Crippen molar-refractivity contribution in [2.45, 2.75) is 52.0 Å². The van der Waals surface area contributed by atoms with E-state index in [0.717, 1.165) is 12.8 Å². The zero-order chi connectivity index (χ0) is 18.2. The molecule has 0 radical (unpaired) electrons. The predicted octanol–water partition coefficient (Wildman–Crippen LogP) is 3.25. The lowest BCUT2D eigenvalue weighted by Gasteiger charge is -2.28. The van der Waals surface area contributed by atoms with Gasteiger partial charge in [-0.3, -0.25) is 4.79 Å². The Morgan fingerprint density at radius 2 is 1.92 bits per heavy atom. The maximum Gasteiger partial charge on any atom is 0.341 e. The van der Waals surface area contributed by atoms with E-state index in [1.165, 1.54) is 19.3 Å². The minimum atomic E-state index is -1.06. The van der Waals surface area contributed by atoms with Crippen LogP contribution >= 0.6 is 0 Å². The van der Waals surface area contributed by atoms with E-state index in [1.807, 2.05) is 6.92 Å². The highest BCUT2D eigenvalue weighted by molar-refractivity contribution is 5.95. The second-order valence-electron chi connectivity index (χ2n) is 6.44. The topological polar surface area (TPSA) is 84.9 Å². The van der Waals surface area contributed by atoms with Gasteiger partial charge in [-0.25, -0.2) is 4.79 Å². The number of hydrogen-bond donors (Lipinski definition) is 2. The van der Waals surface area contributed by atoms with Gasteiger partial charge in [-0.2, -0.15) is 0 Å². The third-order valence-electron chi connectivity index (χ3n) is 4.57. The Kier molecular flexibility index (Phi) is 7.10. The molecule has 138 valence electrons. The maximum atomic E-state index is 12.5. The molecule has 0 aliphatic heterocycles. The smallest absolute Gasteiger partial charge is 0.341 e. The highest BCUT2D eigenvalue weighted by Gasteiger charge is 2.22. The number of nitrogens with one attached hydrogen (secondary N) is 1. The van der Waals surface area contributed by atoms with Gasteiger partial charge in [-0.05, 0) is 50.8 Å². The van der Waals surface area contributed by atoms with Gasteiger partial charge in [0.2, 0.25) is 0 Å². The first-order valence-electron chi connectivity index (χ1n) is 8.93. The number of benzene rings is 1. The summed E-state index contributed by atoms with van der Waals surface area (Å²) in [4.78, 5) is 23.2. The van der Waals surface area contributed by atoms with Gasteiger partial charge in [0, 0.05) is 11.6 Å². The Hall–Kier alpha value is -2.24. The van der Waals surface area contributed by atoms with E-state index < -0.39 is 12.6 Å². The average Bonchev–Trinajstić information content (AvgIpc) is 2.61. The van der Waals surface area contributed by atoms with E-state index in [9.17, 15) is 9.59 Å². The van der Waals surface area contributed by atoms with Crippen LogP contribution in [0.25, 0.3) is 0 Å². The van der Waals surface area contributed by atoms with Crippen molar-refractivity contribution in [1.82, 2.24) is 5.32 Å². The molecule has 0 bridgehead atoms. The number of carboxylic acid groups (broad SMARTS) is 1. The van der Waals surface area contributed by atoms with Gasteiger partial charge < -0.3 is 19.9 Å². The zero-order valence-corrected chi connectivity index (χ0v) is 14.9. The standard InChI is InChI=1S/C19H27NO5/c1-3-24-17-11-15(9-10-16(17)25-12-18(21)22)19(23)20-13(2)14-7-5-4-6-8-14/h9-11,13-14H,3-8,12H2,1-2H3,(H,20,23)(H,21,22). The molecule has 1 aliphatic carbocycles. The quantitative estimate of drug-likeness (QED) is 0.752. The van der Waals surface area contributed by atoms with Crippen molar-refractivity contribution in [2.24, 2.45) is 5.92 Å². The number of rotatable bonds is 8. The summed E-state index contributed by atoms with van der Waals surface area (Å²) in [5.74, 6) is 0.0134. The molecule has 1 atom stereocenters. The van der Waals surface area contributed by atoms with Crippen molar-refractivity contribution in [3.05, 3.63) is 23.8 Å². The molecule has 1 unspecified atom stereocenters. The highest BCUT2D eigenvalue weighted by Crippen LogP contribution is 2.29. The van der Waals surface area contributed by atoms with Gasteiger partial charge in [0.1, 0.15) is 0 Å². The molecule has 25 heavy (non-hydrogen) atoms. The van der Waals surface area contributed by atoms with E-state index in [1.54, 1.807) is 18.2 Å². The zero-order valence-electron chi connectivity index (χ0n) is 14.9. The van der Waals surface area contributed by atoms with Gasteiger partial charge in [0.15, 0.2) is 18.1 Å². The summed E-state index contributed by atoms with van der Waals surface area (Å²) in [7, 11) is 0. The van der Waals surface area contributed by atoms with Crippen LogP contribution in [-0.2, 0) is 4.79 Å². The normalized spacial score (nSPS) is 16.1. The molecule has 0 spiro atoms. The maximum absolute atomic E-state index is 12.5. The fourth-order valence-corrected chi connectivity index (χ4v) is 3.22. The third-order valence-corrected chi connectivity index (χ3v) is 4.57. The number of hydrogen-bond acceptors (Lipinski definition) is 4. The summed E-state index contributed by atoms with van der Waals surface area (Å²) in [6.07, 6.45) is 6.07. The second kappa shape index (κ2) is 9.30. The van der Waals surface area contributed by atoms with E-state index in [-0.39, 0.29) is 11.9 Å². The van der Waals surface area contributed by atoms with Gasteiger partial charge in [-0.1, -0.05) is 19.3 Å². The first-order valence-corrected chi connectivity index (χ1v) is 8.93. The Morgan fingerprint density at radius 1 is 1.20 bits per heavy atom. The van der Waals surface area contributed by atoms with Gasteiger partial charge >= 0.3 is 5.97 Å². The number of amides is 1. The van der Waals surface area contributed by atoms with Crippen molar-refractivity contribution in [1.29, 1.82) is 0 Å². The molecule has 2 rings (SSSR count). The van der Waals surface area contributed by atoms with E-state index in [2.05, 4.69) is 12.2 Å². The first kappa shape index (κ1) is 19.1. The molecule has 0 saturated heterocycles. The Labute approximate surface area is 148 Å². The molecule has 6 nitrogen and oxygen atoms in total. The molecule has 1 saturated carbocycles. The molecule has 6 heteroatoms. The lowest BCUT2D eigenvalue weighted by Crippen LogP contribution is -2.38. The van der Waals surface area contributed by atoms with Crippen LogP contribution in [0.5, 0.6) is 11.5 Å². The predicted molar refractivity (Wildman–Crippen MR) is 94.2 cm³/mol. The molecule has 1 aromatic carbocycles. The van der Waals surface area contributed by atoms with Crippen LogP contribution in [0.15, 0.2) is 18.2 Å². The van der Waals surface area contributed by atoms with Crippen LogP contribution in [0.1, 0.15) is 56.3 Å². The lowest BCUT2D eigenvalue weighted by atomic mass is 9.84.